The summed E-state index contributed by atoms with van der Waals surface area (Å²) in [4.78, 5) is 31.0. The molecule has 128 valence electrons. The Balaban J connectivity index is 1.59. The van der Waals surface area contributed by atoms with Gasteiger partial charge in [-0.1, -0.05) is 0 Å². The summed E-state index contributed by atoms with van der Waals surface area (Å²) in [5.41, 5.74) is 1.15. The number of ether oxygens (including phenoxy) is 1. The molecule has 0 saturated carbocycles. The number of carbonyl (C=O) groups excluding carboxylic acids is 2. The summed E-state index contributed by atoms with van der Waals surface area (Å²) in [6.45, 7) is 2.05. The molecule has 24 heavy (non-hydrogen) atoms. The molecule has 6 heteroatoms. The van der Waals surface area contributed by atoms with E-state index in [0.29, 0.717) is 31.6 Å². The first-order valence-electron chi connectivity index (χ1n) is 8.56. The maximum Gasteiger partial charge on any atom is 0.254 e. The lowest BCUT2D eigenvalue weighted by Gasteiger charge is -2.42. The highest BCUT2D eigenvalue weighted by Crippen LogP contribution is 2.45. The van der Waals surface area contributed by atoms with Gasteiger partial charge >= 0.3 is 0 Å². The van der Waals surface area contributed by atoms with Crippen LogP contribution in [0.4, 0.5) is 5.69 Å². The molecule has 0 radical (unpaired) electrons. The molecule has 2 amide bonds. The standard InChI is InChI=1S/C18H23N3O3/c1-19(2)14-6-4-13(5-7-14)17(23)20-10-8-18-15(20)12-16(22)21(18)9-3-11-24-18/h4-7,15H,3,8-12H2,1-2H3/t15-,18+/m1/s1. The Bertz CT molecular complexity index is 673. The lowest BCUT2D eigenvalue weighted by molar-refractivity contribution is -0.179. The van der Waals surface area contributed by atoms with Crippen molar-refractivity contribution in [3.8, 4) is 0 Å². The van der Waals surface area contributed by atoms with Crippen LogP contribution in [0.5, 0.6) is 0 Å². The molecule has 3 saturated heterocycles. The summed E-state index contributed by atoms with van der Waals surface area (Å²) < 4.78 is 6.06. The summed E-state index contributed by atoms with van der Waals surface area (Å²) in [5.74, 6) is 0.103. The second kappa shape index (κ2) is 5.48. The zero-order valence-electron chi connectivity index (χ0n) is 14.2. The van der Waals surface area contributed by atoms with Crippen molar-refractivity contribution in [1.29, 1.82) is 0 Å². The van der Waals surface area contributed by atoms with E-state index in [1.807, 2.05) is 53.1 Å². The van der Waals surface area contributed by atoms with E-state index in [4.69, 9.17) is 4.74 Å². The minimum absolute atomic E-state index is 0.00833. The predicted octanol–water partition coefficient (Wildman–Crippen LogP) is 1.32. The van der Waals surface area contributed by atoms with Crippen molar-refractivity contribution in [2.24, 2.45) is 0 Å². The molecule has 1 aromatic rings. The first kappa shape index (κ1) is 15.4. The van der Waals surface area contributed by atoms with Crippen LogP contribution in [0.15, 0.2) is 24.3 Å². The van der Waals surface area contributed by atoms with Gasteiger partial charge in [0, 0.05) is 44.9 Å². The molecule has 0 aliphatic carbocycles. The van der Waals surface area contributed by atoms with Crippen LogP contribution in [-0.2, 0) is 9.53 Å². The Morgan fingerprint density at radius 2 is 2.00 bits per heavy atom. The van der Waals surface area contributed by atoms with Gasteiger partial charge in [-0.2, -0.15) is 0 Å². The Hall–Kier alpha value is -2.08. The molecule has 0 aromatic heterocycles. The molecule has 0 N–H and O–H groups in total. The van der Waals surface area contributed by atoms with Gasteiger partial charge in [0.25, 0.3) is 5.91 Å². The van der Waals surface area contributed by atoms with Crippen LogP contribution in [-0.4, -0.2) is 67.2 Å². The van der Waals surface area contributed by atoms with Crippen molar-refractivity contribution in [1.82, 2.24) is 9.80 Å². The molecule has 3 heterocycles. The molecule has 0 unspecified atom stereocenters. The SMILES string of the molecule is CN(C)c1ccc(C(=O)N2CC[C@@]34OCCCN3C(=O)C[C@@H]24)cc1. The van der Waals surface area contributed by atoms with Gasteiger partial charge in [-0.05, 0) is 30.7 Å². The van der Waals surface area contributed by atoms with Gasteiger partial charge in [0.2, 0.25) is 5.91 Å². The summed E-state index contributed by atoms with van der Waals surface area (Å²) in [6.07, 6.45) is 1.96. The second-order valence-electron chi connectivity index (χ2n) is 7.00. The summed E-state index contributed by atoms with van der Waals surface area (Å²) in [7, 11) is 3.94. The molecule has 2 atom stereocenters. The van der Waals surface area contributed by atoms with E-state index < -0.39 is 5.72 Å². The highest BCUT2D eigenvalue weighted by molar-refractivity contribution is 5.96. The van der Waals surface area contributed by atoms with Crippen LogP contribution in [0.25, 0.3) is 0 Å². The molecule has 3 aliphatic rings. The van der Waals surface area contributed by atoms with Crippen molar-refractivity contribution in [2.45, 2.75) is 31.0 Å². The van der Waals surface area contributed by atoms with Gasteiger partial charge in [0.05, 0.1) is 19.1 Å². The number of anilines is 1. The van der Waals surface area contributed by atoms with Crippen molar-refractivity contribution in [3.05, 3.63) is 29.8 Å². The molecule has 4 rings (SSSR count). The van der Waals surface area contributed by atoms with E-state index in [9.17, 15) is 9.59 Å². The minimum Gasteiger partial charge on any atom is -0.378 e. The average molecular weight is 329 g/mol. The topological polar surface area (TPSA) is 53.1 Å². The van der Waals surface area contributed by atoms with Crippen molar-refractivity contribution < 1.29 is 14.3 Å². The molecule has 3 aliphatic heterocycles. The molecular weight excluding hydrogens is 306 g/mol. The molecular formula is C18H23N3O3. The van der Waals surface area contributed by atoms with Crippen molar-refractivity contribution in [2.75, 3.05) is 38.7 Å². The molecule has 1 spiro atoms. The Morgan fingerprint density at radius 1 is 1.25 bits per heavy atom. The van der Waals surface area contributed by atoms with E-state index >= 15 is 0 Å². The van der Waals surface area contributed by atoms with E-state index in [1.54, 1.807) is 0 Å². The van der Waals surface area contributed by atoms with Crippen LogP contribution in [0.3, 0.4) is 0 Å². The minimum atomic E-state index is -0.575. The normalized spacial score (nSPS) is 28.8. The highest BCUT2D eigenvalue weighted by Gasteiger charge is 2.61. The Morgan fingerprint density at radius 3 is 2.71 bits per heavy atom. The van der Waals surface area contributed by atoms with Gasteiger partial charge < -0.3 is 19.4 Å². The number of hydrogen-bond donors (Lipinski definition) is 0. The van der Waals surface area contributed by atoms with Crippen LogP contribution in [0.2, 0.25) is 0 Å². The first-order valence-corrected chi connectivity index (χ1v) is 8.56. The lowest BCUT2D eigenvalue weighted by atomic mass is 10.0. The number of likely N-dealkylation sites (tertiary alicyclic amines) is 1. The van der Waals surface area contributed by atoms with Gasteiger partial charge in [-0.3, -0.25) is 9.59 Å². The van der Waals surface area contributed by atoms with Crippen LogP contribution < -0.4 is 4.90 Å². The highest BCUT2D eigenvalue weighted by atomic mass is 16.5. The Kier molecular flexibility index (Phi) is 3.53. The molecule has 3 fully saturated rings. The number of hydrogen-bond acceptors (Lipinski definition) is 4. The van der Waals surface area contributed by atoms with Crippen LogP contribution >= 0.6 is 0 Å². The third-order valence-electron chi connectivity index (χ3n) is 5.50. The molecule has 6 nitrogen and oxygen atoms in total. The van der Waals surface area contributed by atoms with E-state index in [1.165, 1.54) is 0 Å². The average Bonchev–Trinajstić information content (AvgIpc) is 3.07. The fraction of sp³-hybridized carbons (Fsp3) is 0.556. The fourth-order valence-corrected chi connectivity index (χ4v) is 4.26. The predicted molar refractivity (Wildman–Crippen MR) is 89.8 cm³/mol. The van der Waals surface area contributed by atoms with Crippen molar-refractivity contribution >= 4 is 17.5 Å². The van der Waals surface area contributed by atoms with Gasteiger partial charge in [-0.25, -0.2) is 0 Å². The number of nitrogens with zero attached hydrogens (tertiary/aromatic N) is 3. The summed E-state index contributed by atoms with van der Waals surface area (Å²) in [6, 6.07) is 7.45. The third-order valence-corrected chi connectivity index (χ3v) is 5.50. The smallest absolute Gasteiger partial charge is 0.254 e. The Labute approximate surface area is 142 Å². The maximum absolute atomic E-state index is 13.0. The molecule has 1 aromatic carbocycles. The largest absolute Gasteiger partial charge is 0.378 e. The number of amides is 2. The van der Waals surface area contributed by atoms with E-state index in [0.717, 1.165) is 18.7 Å². The van der Waals surface area contributed by atoms with E-state index in [2.05, 4.69) is 0 Å². The van der Waals surface area contributed by atoms with Gasteiger partial charge in [0.15, 0.2) is 5.72 Å². The number of rotatable bonds is 2. The van der Waals surface area contributed by atoms with Gasteiger partial charge in [0.1, 0.15) is 0 Å². The first-order chi connectivity index (χ1) is 11.5. The van der Waals surface area contributed by atoms with Crippen molar-refractivity contribution in [3.63, 3.8) is 0 Å². The maximum atomic E-state index is 13.0. The van der Waals surface area contributed by atoms with Crippen LogP contribution in [0.1, 0.15) is 29.6 Å². The lowest BCUT2D eigenvalue weighted by Crippen LogP contribution is -2.56. The number of carbonyl (C=O) groups is 2. The zero-order valence-corrected chi connectivity index (χ0v) is 14.2. The fourth-order valence-electron chi connectivity index (χ4n) is 4.26. The third kappa shape index (κ3) is 2.13. The zero-order chi connectivity index (χ0) is 16.9. The monoisotopic (exact) mass is 329 g/mol. The summed E-state index contributed by atoms with van der Waals surface area (Å²) in [5, 5.41) is 0. The van der Waals surface area contributed by atoms with Crippen LogP contribution in [0, 0.1) is 0 Å². The summed E-state index contributed by atoms with van der Waals surface area (Å²) >= 11 is 0. The van der Waals surface area contributed by atoms with E-state index in [-0.39, 0.29) is 17.9 Å². The number of benzene rings is 1. The second-order valence-corrected chi connectivity index (χ2v) is 7.00. The molecule has 0 bridgehead atoms. The van der Waals surface area contributed by atoms with Gasteiger partial charge in [-0.15, -0.1) is 0 Å². The quantitative estimate of drug-likeness (QED) is 0.821.